The van der Waals surface area contributed by atoms with Gasteiger partial charge in [0.05, 0.1) is 29.3 Å². The molecule has 0 aliphatic rings. The van der Waals surface area contributed by atoms with Crippen LogP contribution in [-0.4, -0.2) is 36.2 Å². The number of amides is 1. The number of nitrogens with one attached hydrogen (secondary N) is 1. The van der Waals surface area contributed by atoms with Gasteiger partial charge in [0.15, 0.2) is 0 Å². The van der Waals surface area contributed by atoms with E-state index in [1.54, 1.807) is 30.3 Å². The number of ether oxygens (including phenoxy) is 2. The van der Waals surface area contributed by atoms with E-state index < -0.39 is 28.0 Å². The lowest BCUT2D eigenvalue weighted by atomic mass is 10.0. The van der Waals surface area contributed by atoms with Gasteiger partial charge in [-0.1, -0.05) is 32.0 Å². The number of nitrogens with zero attached hydrogens (tertiary/aromatic N) is 2. The first-order valence-corrected chi connectivity index (χ1v) is 13.1. The minimum atomic E-state index is -4.17. The Hall–Kier alpha value is -3.83. The summed E-state index contributed by atoms with van der Waals surface area (Å²) >= 11 is 1.02. The van der Waals surface area contributed by atoms with E-state index in [1.165, 1.54) is 43.5 Å². The Morgan fingerprint density at radius 3 is 2.17 bits per heavy atom. The monoisotopic (exact) mass is 525 g/mol. The zero-order chi connectivity index (χ0) is 25.9. The second-order valence-corrected chi connectivity index (χ2v) is 10.4. The third-order valence-electron chi connectivity index (χ3n) is 5.44. The molecule has 1 amide bonds. The van der Waals surface area contributed by atoms with Crippen molar-refractivity contribution in [2.24, 2.45) is 0 Å². The van der Waals surface area contributed by atoms with Crippen LogP contribution in [0.2, 0.25) is 0 Å². The lowest BCUT2D eigenvalue weighted by Gasteiger charge is -2.19. The maximum Gasteiger partial charge on any atom is 0.337 e. The number of carbonyl (C=O) groups is 2. The number of esters is 1. The molecule has 11 heteroatoms. The molecule has 0 fully saturated rings. The van der Waals surface area contributed by atoms with E-state index in [2.05, 4.69) is 13.5 Å². The van der Waals surface area contributed by atoms with Crippen LogP contribution in [0.4, 0.5) is 0 Å². The van der Waals surface area contributed by atoms with Gasteiger partial charge >= 0.3 is 5.97 Å². The first-order chi connectivity index (χ1) is 17.2. The number of carbonyl (C=O) groups excluding carboxylic acids is 2. The lowest BCUT2D eigenvalue weighted by molar-refractivity contribution is -0.126. The van der Waals surface area contributed by atoms with Crippen LogP contribution in [0.1, 0.15) is 47.4 Å². The first kappa shape index (κ1) is 25.3. The molecule has 1 N–H and O–H groups in total. The third-order valence-corrected chi connectivity index (χ3v) is 7.36. The highest BCUT2D eigenvalue weighted by Gasteiger charge is 2.28. The van der Waals surface area contributed by atoms with Gasteiger partial charge in [-0.3, -0.25) is 4.79 Å². The maximum absolute atomic E-state index is 13.3. The van der Waals surface area contributed by atoms with E-state index in [4.69, 9.17) is 9.47 Å². The van der Waals surface area contributed by atoms with E-state index in [0.717, 1.165) is 17.3 Å². The van der Waals surface area contributed by atoms with Crippen LogP contribution >= 0.6 is 11.7 Å². The number of aromatic nitrogens is 2. The van der Waals surface area contributed by atoms with E-state index in [-0.39, 0.29) is 16.6 Å². The second kappa shape index (κ2) is 10.4. The van der Waals surface area contributed by atoms with Crippen LogP contribution in [0.25, 0.3) is 11.0 Å². The van der Waals surface area contributed by atoms with Crippen LogP contribution in [0.5, 0.6) is 5.75 Å². The zero-order valence-electron chi connectivity index (χ0n) is 19.7. The minimum absolute atomic E-state index is 0.0411. The van der Waals surface area contributed by atoms with Crippen LogP contribution < -0.4 is 9.46 Å². The van der Waals surface area contributed by atoms with Crippen molar-refractivity contribution in [3.05, 3.63) is 83.4 Å². The predicted molar refractivity (Wildman–Crippen MR) is 134 cm³/mol. The molecule has 9 nitrogen and oxygen atoms in total. The molecule has 0 saturated heterocycles. The lowest BCUT2D eigenvalue weighted by Crippen LogP contribution is -2.36. The summed E-state index contributed by atoms with van der Waals surface area (Å²) in [6.07, 6.45) is -1.33. The number of methoxy groups -OCH3 is 1. The Balaban J connectivity index is 1.64. The Kier molecular flexibility index (Phi) is 7.32. The van der Waals surface area contributed by atoms with Gasteiger partial charge in [0.2, 0.25) is 6.10 Å². The molecule has 3 aromatic carbocycles. The zero-order valence-corrected chi connectivity index (χ0v) is 21.3. The van der Waals surface area contributed by atoms with E-state index in [0.29, 0.717) is 22.2 Å². The Morgan fingerprint density at radius 1 is 0.889 bits per heavy atom. The highest BCUT2D eigenvalue weighted by Crippen LogP contribution is 2.26. The average Bonchev–Trinajstić information content (AvgIpc) is 3.35. The van der Waals surface area contributed by atoms with Crippen molar-refractivity contribution in [1.82, 2.24) is 13.5 Å². The fourth-order valence-electron chi connectivity index (χ4n) is 3.44. The quantitative estimate of drug-likeness (QED) is 0.339. The fourth-order valence-corrected chi connectivity index (χ4v) is 4.94. The van der Waals surface area contributed by atoms with Crippen molar-refractivity contribution in [1.29, 1.82) is 0 Å². The van der Waals surface area contributed by atoms with Crippen molar-refractivity contribution in [2.45, 2.75) is 30.8 Å². The number of hydrogen-bond acceptors (Lipinski definition) is 9. The highest BCUT2D eigenvalue weighted by atomic mass is 32.2. The van der Waals surface area contributed by atoms with Gasteiger partial charge in [0.1, 0.15) is 16.8 Å². The molecule has 36 heavy (non-hydrogen) atoms. The maximum atomic E-state index is 13.3. The van der Waals surface area contributed by atoms with Gasteiger partial charge in [-0.25, -0.2) is 17.9 Å². The molecule has 0 spiro atoms. The van der Waals surface area contributed by atoms with Crippen LogP contribution in [-0.2, 0) is 19.6 Å². The van der Waals surface area contributed by atoms with Crippen LogP contribution in [0.3, 0.4) is 0 Å². The number of rotatable bonds is 8. The molecule has 1 unspecified atom stereocenters. The summed E-state index contributed by atoms with van der Waals surface area (Å²) < 4.78 is 47.0. The molecule has 0 radical (unpaired) electrons. The largest absolute Gasteiger partial charge is 0.476 e. The number of benzene rings is 3. The Labute approximate surface area is 212 Å². The molecular formula is C25H23N3O6S2. The predicted octanol–water partition coefficient (Wildman–Crippen LogP) is 4.23. The van der Waals surface area contributed by atoms with Gasteiger partial charge < -0.3 is 9.47 Å². The Morgan fingerprint density at radius 2 is 1.53 bits per heavy atom. The Bertz CT molecular complexity index is 1500. The van der Waals surface area contributed by atoms with E-state index >= 15 is 0 Å². The van der Waals surface area contributed by atoms with Gasteiger partial charge in [-0.05, 0) is 60.0 Å². The molecular weight excluding hydrogens is 502 g/mol. The van der Waals surface area contributed by atoms with Gasteiger partial charge in [-0.2, -0.15) is 8.75 Å². The van der Waals surface area contributed by atoms with Crippen molar-refractivity contribution < 1.29 is 27.5 Å². The smallest absolute Gasteiger partial charge is 0.337 e. The summed E-state index contributed by atoms with van der Waals surface area (Å²) in [5.74, 6) is -0.928. The molecule has 1 heterocycles. The molecule has 0 aliphatic carbocycles. The standard InChI is InChI=1S/C25H23N3O6S2/c1-15(2)16-6-11-20(12-7-16)36(31,32)28-24(29)23(18-8-13-21-22(14-18)27-35-26-21)34-19-9-4-17(5-10-19)25(30)33-3/h4-15,23H,1-3H3,(H,28,29). The SMILES string of the molecule is COC(=O)c1ccc(OC(C(=O)NS(=O)(=O)c2ccc(C(C)C)cc2)c2ccc3nsnc3c2)cc1. The number of sulfonamides is 1. The second-order valence-electron chi connectivity index (χ2n) is 8.22. The van der Waals surface area contributed by atoms with E-state index in [9.17, 15) is 18.0 Å². The average molecular weight is 526 g/mol. The highest BCUT2D eigenvalue weighted by molar-refractivity contribution is 7.90. The molecule has 4 aromatic rings. The molecule has 4 rings (SSSR count). The molecule has 0 aliphatic heterocycles. The van der Waals surface area contributed by atoms with E-state index in [1.807, 2.05) is 13.8 Å². The minimum Gasteiger partial charge on any atom is -0.476 e. The van der Waals surface area contributed by atoms with Gasteiger partial charge in [-0.15, -0.1) is 0 Å². The summed E-state index contributed by atoms with van der Waals surface area (Å²) in [4.78, 5) is 25.0. The fraction of sp³-hybridized carbons (Fsp3) is 0.200. The third kappa shape index (κ3) is 5.52. The van der Waals surface area contributed by atoms with Gasteiger partial charge in [0, 0.05) is 5.56 Å². The van der Waals surface area contributed by atoms with Gasteiger partial charge in [0.25, 0.3) is 15.9 Å². The number of hydrogen-bond donors (Lipinski definition) is 1. The van der Waals surface area contributed by atoms with Crippen molar-refractivity contribution in [2.75, 3.05) is 7.11 Å². The molecule has 1 atom stereocenters. The molecule has 0 bridgehead atoms. The van der Waals surface area contributed by atoms with Crippen molar-refractivity contribution >= 4 is 44.7 Å². The topological polar surface area (TPSA) is 125 Å². The normalized spacial score (nSPS) is 12.3. The summed E-state index contributed by atoms with van der Waals surface area (Å²) in [6.45, 7) is 4.00. The summed E-state index contributed by atoms with van der Waals surface area (Å²) in [5.41, 5.74) is 2.85. The summed E-state index contributed by atoms with van der Waals surface area (Å²) in [5, 5.41) is 0. The van der Waals surface area contributed by atoms with Crippen molar-refractivity contribution in [3.8, 4) is 5.75 Å². The van der Waals surface area contributed by atoms with Crippen LogP contribution in [0, 0.1) is 0 Å². The molecule has 0 saturated carbocycles. The van der Waals surface area contributed by atoms with Crippen molar-refractivity contribution in [3.63, 3.8) is 0 Å². The molecule has 186 valence electrons. The summed E-state index contributed by atoms with van der Waals surface area (Å²) in [7, 11) is -2.90. The number of fused-ring (bicyclic) bond motifs is 1. The first-order valence-electron chi connectivity index (χ1n) is 10.9. The molecule has 1 aromatic heterocycles. The summed E-state index contributed by atoms with van der Waals surface area (Å²) in [6, 6.07) is 17.2. The van der Waals surface area contributed by atoms with Crippen LogP contribution in [0.15, 0.2) is 71.6 Å².